The molecule has 88 valence electrons. The van der Waals surface area contributed by atoms with Gasteiger partial charge >= 0.3 is 0 Å². The molecule has 0 radical (unpaired) electrons. The van der Waals surface area contributed by atoms with Gasteiger partial charge in [-0.2, -0.15) is 5.10 Å². The molecule has 0 aliphatic carbocycles. The third-order valence-corrected chi connectivity index (χ3v) is 2.68. The fourth-order valence-electron chi connectivity index (χ4n) is 1.85. The molecule has 0 fully saturated rings. The number of nitrogen functional groups attached to an aromatic ring is 1. The van der Waals surface area contributed by atoms with Crippen LogP contribution in [0.4, 0.5) is 5.82 Å². The van der Waals surface area contributed by atoms with Gasteiger partial charge in [-0.1, -0.05) is 6.07 Å². The van der Waals surface area contributed by atoms with Gasteiger partial charge in [0.15, 0.2) is 5.82 Å². The van der Waals surface area contributed by atoms with E-state index in [1.54, 1.807) is 18.6 Å². The first-order chi connectivity index (χ1) is 8.86. The van der Waals surface area contributed by atoms with Gasteiger partial charge in [0.25, 0.3) is 0 Å². The normalized spacial score (nSPS) is 10.4. The first-order valence-corrected chi connectivity index (χ1v) is 5.52. The van der Waals surface area contributed by atoms with Gasteiger partial charge in [0.05, 0.1) is 17.0 Å². The van der Waals surface area contributed by atoms with Crippen molar-refractivity contribution < 1.29 is 0 Å². The lowest BCUT2D eigenvalue weighted by Gasteiger charge is -2.03. The highest BCUT2D eigenvalue weighted by atomic mass is 15.2. The highest BCUT2D eigenvalue weighted by Gasteiger charge is 2.15. The van der Waals surface area contributed by atoms with Crippen molar-refractivity contribution in [1.29, 1.82) is 0 Å². The maximum absolute atomic E-state index is 5.91. The van der Waals surface area contributed by atoms with E-state index < -0.39 is 0 Å². The number of hydrogen-bond acceptors (Lipinski definition) is 4. The number of hydrogen-bond donors (Lipinski definition) is 2. The molecule has 0 bridgehead atoms. The van der Waals surface area contributed by atoms with Gasteiger partial charge in [-0.05, 0) is 24.3 Å². The van der Waals surface area contributed by atoms with Crippen LogP contribution >= 0.6 is 0 Å². The highest BCUT2D eigenvalue weighted by molar-refractivity contribution is 5.85. The molecule has 0 saturated carbocycles. The van der Waals surface area contributed by atoms with Gasteiger partial charge in [-0.3, -0.25) is 15.1 Å². The molecular formula is C13H11N5. The number of aromatic nitrogens is 4. The molecule has 3 aromatic heterocycles. The van der Waals surface area contributed by atoms with E-state index in [0.717, 1.165) is 22.5 Å². The van der Waals surface area contributed by atoms with Gasteiger partial charge in [0.1, 0.15) is 0 Å². The molecule has 0 aromatic carbocycles. The maximum atomic E-state index is 5.91. The summed E-state index contributed by atoms with van der Waals surface area (Å²) in [6.07, 6.45) is 5.20. The second-order valence-corrected chi connectivity index (χ2v) is 3.81. The van der Waals surface area contributed by atoms with Crippen LogP contribution in [0, 0.1) is 0 Å². The summed E-state index contributed by atoms with van der Waals surface area (Å²) in [6, 6.07) is 9.50. The summed E-state index contributed by atoms with van der Waals surface area (Å²) in [7, 11) is 0. The standard InChI is InChI=1S/C13H11N5/c14-13-11(10-3-1-2-6-16-10)12(17-18-13)9-4-7-15-8-5-9/h1-8H,(H3,14,17,18). The summed E-state index contributed by atoms with van der Waals surface area (Å²) >= 11 is 0. The Kier molecular flexibility index (Phi) is 2.49. The lowest BCUT2D eigenvalue weighted by molar-refractivity contribution is 1.10. The van der Waals surface area contributed by atoms with Crippen molar-refractivity contribution in [3.63, 3.8) is 0 Å². The van der Waals surface area contributed by atoms with Crippen LogP contribution in [0.25, 0.3) is 22.5 Å². The zero-order chi connectivity index (χ0) is 12.4. The summed E-state index contributed by atoms with van der Waals surface area (Å²) in [5.41, 5.74) is 9.37. The number of H-pyrrole nitrogens is 1. The predicted molar refractivity (Wildman–Crippen MR) is 69.5 cm³/mol. The lowest BCUT2D eigenvalue weighted by Crippen LogP contribution is -1.90. The van der Waals surface area contributed by atoms with Crippen molar-refractivity contribution in [2.45, 2.75) is 0 Å². The zero-order valence-electron chi connectivity index (χ0n) is 9.54. The van der Waals surface area contributed by atoms with Gasteiger partial charge < -0.3 is 5.73 Å². The number of anilines is 1. The Morgan fingerprint density at radius 3 is 2.56 bits per heavy atom. The molecule has 0 amide bonds. The smallest absolute Gasteiger partial charge is 0.155 e. The number of rotatable bonds is 2. The summed E-state index contributed by atoms with van der Waals surface area (Å²) in [5.74, 6) is 0.445. The Hall–Kier alpha value is -2.69. The van der Waals surface area contributed by atoms with E-state index in [0.29, 0.717) is 5.82 Å². The molecule has 0 spiro atoms. The van der Waals surface area contributed by atoms with Crippen LogP contribution in [0.1, 0.15) is 0 Å². The van der Waals surface area contributed by atoms with E-state index in [1.165, 1.54) is 0 Å². The molecule has 0 aliphatic rings. The third-order valence-electron chi connectivity index (χ3n) is 2.68. The molecule has 5 nitrogen and oxygen atoms in total. The van der Waals surface area contributed by atoms with E-state index >= 15 is 0 Å². The van der Waals surface area contributed by atoms with E-state index in [-0.39, 0.29) is 0 Å². The monoisotopic (exact) mass is 237 g/mol. The number of aromatic amines is 1. The zero-order valence-corrected chi connectivity index (χ0v) is 9.54. The molecule has 18 heavy (non-hydrogen) atoms. The largest absolute Gasteiger partial charge is 0.382 e. The van der Waals surface area contributed by atoms with Gasteiger partial charge in [-0.25, -0.2) is 0 Å². The van der Waals surface area contributed by atoms with Gasteiger partial charge in [-0.15, -0.1) is 0 Å². The first-order valence-electron chi connectivity index (χ1n) is 5.52. The fraction of sp³-hybridized carbons (Fsp3) is 0. The maximum Gasteiger partial charge on any atom is 0.155 e. The van der Waals surface area contributed by atoms with E-state index in [4.69, 9.17) is 5.73 Å². The van der Waals surface area contributed by atoms with Gasteiger partial charge in [0.2, 0.25) is 0 Å². The summed E-state index contributed by atoms with van der Waals surface area (Å²) in [6.45, 7) is 0. The van der Waals surface area contributed by atoms with Crippen LogP contribution in [-0.2, 0) is 0 Å². The Labute approximate surface area is 104 Å². The molecule has 3 rings (SSSR count). The van der Waals surface area contributed by atoms with Crippen LogP contribution in [0.2, 0.25) is 0 Å². The van der Waals surface area contributed by atoms with Crippen molar-refractivity contribution >= 4 is 5.82 Å². The molecule has 3 N–H and O–H groups in total. The molecule has 5 heteroatoms. The minimum atomic E-state index is 0.445. The van der Waals surface area contributed by atoms with E-state index in [2.05, 4.69) is 20.2 Å². The second kappa shape index (κ2) is 4.29. The van der Waals surface area contributed by atoms with Crippen LogP contribution in [0.5, 0.6) is 0 Å². The molecular weight excluding hydrogens is 226 g/mol. The van der Waals surface area contributed by atoms with E-state index in [1.807, 2.05) is 30.3 Å². The first kappa shape index (κ1) is 10.5. The minimum absolute atomic E-state index is 0.445. The average molecular weight is 237 g/mol. The topological polar surface area (TPSA) is 80.5 Å². The van der Waals surface area contributed by atoms with Crippen LogP contribution in [0.15, 0.2) is 48.9 Å². The molecule has 0 saturated heterocycles. The van der Waals surface area contributed by atoms with Gasteiger partial charge in [0, 0.05) is 24.2 Å². The Morgan fingerprint density at radius 1 is 1.00 bits per heavy atom. The molecule has 3 aromatic rings. The van der Waals surface area contributed by atoms with Crippen molar-refractivity contribution in [1.82, 2.24) is 20.2 Å². The molecule has 0 aliphatic heterocycles. The van der Waals surface area contributed by atoms with Crippen molar-refractivity contribution in [2.24, 2.45) is 0 Å². The number of nitrogens with two attached hydrogens (primary N) is 1. The Bertz CT molecular complexity index is 646. The lowest BCUT2D eigenvalue weighted by atomic mass is 10.1. The summed E-state index contributed by atoms with van der Waals surface area (Å²) in [4.78, 5) is 8.31. The van der Waals surface area contributed by atoms with E-state index in [9.17, 15) is 0 Å². The quantitative estimate of drug-likeness (QED) is 0.715. The SMILES string of the molecule is Nc1n[nH]c(-c2ccncc2)c1-c1ccccn1. The molecule has 3 heterocycles. The van der Waals surface area contributed by atoms with Crippen LogP contribution < -0.4 is 5.73 Å². The highest BCUT2D eigenvalue weighted by Crippen LogP contribution is 2.32. The number of nitrogens with one attached hydrogen (secondary N) is 1. The van der Waals surface area contributed by atoms with Crippen molar-refractivity contribution in [3.05, 3.63) is 48.9 Å². The minimum Gasteiger partial charge on any atom is -0.382 e. The van der Waals surface area contributed by atoms with Crippen molar-refractivity contribution in [2.75, 3.05) is 5.73 Å². The third kappa shape index (κ3) is 1.71. The van der Waals surface area contributed by atoms with Crippen molar-refractivity contribution in [3.8, 4) is 22.5 Å². The number of nitrogens with zero attached hydrogens (tertiary/aromatic N) is 3. The van der Waals surface area contributed by atoms with Crippen LogP contribution in [0.3, 0.4) is 0 Å². The summed E-state index contributed by atoms with van der Waals surface area (Å²) in [5, 5.41) is 7.01. The second-order valence-electron chi connectivity index (χ2n) is 3.81. The predicted octanol–water partition coefficient (Wildman–Crippen LogP) is 2.12. The summed E-state index contributed by atoms with van der Waals surface area (Å²) < 4.78 is 0. The van der Waals surface area contributed by atoms with Crippen LogP contribution in [-0.4, -0.2) is 20.2 Å². The average Bonchev–Trinajstić information content (AvgIpc) is 2.83. The molecule has 0 atom stereocenters. The Balaban J connectivity index is 2.19. The Morgan fingerprint density at radius 2 is 1.83 bits per heavy atom. The molecule has 0 unspecified atom stereocenters. The fourth-order valence-corrected chi connectivity index (χ4v) is 1.85. The number of pyridine rings is 2.